The van der Waals surface area contributed by atoms with Crippen LogP contribution in [0.3, 0.4) is 0 Å². The van der Waals surface area contributed by atoms with Gasteiger partial charge in [-0.3, -0.25) is 14.5 Å². The lowest BCUT2D eigenvalue weighted by atomic mass is 9.50. The average Bonchev–Trinajstić information content (AvgIpc) is 3.38. The van der Waals surface area contributed by atoms with E-state index >= 15 is 0 Å². The van der Waals surface area contributed by atoms with E-state index in [-0.39, 0.29) is 11.3 Å². The Balaban J connectivity index is 1.28. The minimum Gasteiger partial charge on any atom is -0.388 e. The van der Waals surface area contributed by atoms with Crippen molar-refractivity contribution in [3.8, 4) is 0 Å². The van der Waals surface area contributed by atoms with Gasteiger partial charge in [-0.25, -0.2) is 0 Å². The molecule has 35 heavy (non-hydrogen) atoms. The number of methoxy groups -OCH3 is 1. The van der Waals surface area contributed by atoms with E-state index < -0.39 is 5.60 Å². The van der Waals surface area contributed by atoms with Gasteiger partial charge < -0.3 is 9.84 Å². The maximum absolute atomic E-state index is 13.6. The number of ketones is 1. The van der Waals surface area contributed by atoms with Crippen molar-refractivity contribution >= 4 is 16.7 Å². The molecule has 192 valence electrons. The fraction of sp³-hybridized carbons (Fsp3) is 0.759. The number of carbonyl (C=O) groups excluding carboxylic acids is 1. The van der Waals surface area contributed by atoms with E-state index in [9.17, 15) is 9.90 Å². The van der Waals surface area contributed by atoms with Crippen LogP contribution in [0.4, 0.5) is 0 Å². The minimum atomic E-state index is -0.747. The molecule has 0 aromatic carbocycles. The van der Waals surface area contributed by atoms with Crippen LogP contribution in [0.5, 0.6) is 0 Å². The number of hydrogen-bond acceptors (Lipinski definition) is 5. The molecule has 3 aliphatic carbocycles. The quantitative estimate of drug-likeness (QED) is 0.555. The van der Waals surface area contributed by atoms with Crippen LogP contribution in [0.25, 0.3) is 10.9 Å². The summed E-state index contributed by atoms with van der Waals surface area (Å²) in [6.45, 7) is 7.51. The van der Waals surface area contributed by atoms with Gasteiger partial charge in [-0.1, -0.05) is 20.3 Å². The Labute approximate surface area is 209 Å². The van der Waals surface area contributed by atoms with Gasteiger partial charge in [-0.2, -0.15) is 5.10 Å². The van der Waals surface area contributed by atoms with Gasteiger partial charge in [0.15, 0.2) is 5.78 Å². The molecular formula is C29H43N3O3. The maximum atomic E-state index is 13.6. The Bertz CT molecular complexity index is 1020. The molecule has 2 aromatic heterocycles. The molecule has 3 saturated carbocycles. The number of aliphatic hydroxyl groups is 1. The lowest BCUT2D eigenvalue weighted by Gasteiger charge is -2.54. The van der Waals surface area contributed by atoms with Crippen molar-refractivity contribution in [2.45, 2.75) is 84.3 Å². The Morgan fingerprint density at radius 1 is 1.26 bits per heavy atom. The molecule has 8 atom stereocenters. The van der Waals surface area contributed by atoms with Crippen LogP contribution in [0.2, 0.25) is 0 Å². The topological polar surface area (TPSA) is 77.2 Å². The van der Waals surface area contributed by atoms with Crippen LogP contribution in [0.1, 0.15) is 72.1 Å². The number of Topliss-reactive ketones (excluding diaryl/α,β-unsaturated/α-hetero) is 1. The minimum absolute atomic E-state index is 0.110. The van der Waals surface area contributed by atoms with Crippen LogP contribution in [0, 0.1) is 40.9 Å². The van der Waals surface area contributed by atoms with E-state index in [0.29, 0.717) is 36.7 Å². The lowest BCUT2D eigenvalue weighted by molar-refractivity contribution is -0.131. The first-order valence-electron chi connectivity index (χ1n) is 13.7. The number of rotatable bonds is 8. The van der Waals surface area contributed by atoms with Gasteiger partial charge in [0.25, 0.3) is 0 Å². The van der Waals surface area contributed by atoms with Gasteiger partial charge in [0.05, 0.1) is 24.9 Å². The highest BCUT2D eigenvalue weighted by Crippen LogP contribution is 2.63. The zero-order valence-corrected chi connectivity index (χ0v) is 21.9. The summed E-state index contributed by atoms with van der Waals surface area (Å²) in [5, 5.41) is 16.3. The van der Waals surface area contributed by atoms with Crippen LogP contribution in [-0.4, -0.2) is 45.0 Å². The largest absolute Gasteiger partial charge is 0.388 e. The Morgan fingerprint density at radius 2 is 2.09 bits per heavy atom. The fourth-order valence-electron chi connectivity index (χ4n) is 8.51. The summed E-state index contributed by atoms with van der Waals surface area (Å²) in [4.78, 5) is 17.7. The molecule has 0 amide bonds. The number of pyridine rings is 1. The van der Waals surface area contributed by atoms with Gasteiger partial charge in [0.1, 0.15) is 5.52 Å². The van der Waals surface area contributed by atoms with Crippen LogP contribution in [0.15, 0.2) is 24.7 Å². The molecule has 6 heteroatoms. The number of aromatic nitrogens is 3. The first-order valence-corrected chi connectivity index (χ1v) is 13.7. The zero-order chi connectivity index (χ0) is 24.8. The van der Waals surface area contributed by atoms with E-state index in [4.69, 9.17) is 4.74 Å². The standard InChI is InChI=1S/C29H43N3O3/c1-19-5-6-23-22(21(19)9-12-28(2,34)18-35-4)10-13-29(3)24(23)7-8-25(29)27(33)17-32-16-20-11-14-30-15-26(20)31-32/h11,14-16,19,21-25,34H,5-10,12-13,17-18H2,1-4H3/t19-,21-,22+,23+,24-,25+,28?,29-/m0/s1. The third kappa shape index (κ3) is 4.69. The first-order chi connectivity index (χ1) is 16.7. The highest BCUT2D eigenvalue weighted by molar-refractivity contribution is 5.83. The Hall–Kier alpha value is -1.79. The second-order valence-corrected chi connectivity index (χ2v) is 12.5. The summed E-state index contributed by atoms with van der Waals surface area (Å²) in [5.74, 6) is 3.96. The van der Waals surface area contributed by atoms with Crippen molar-refractivity contribution in [3.05, 3.63) is 24.7 Å². The van der Waals surface area contributed by atoms with E-state index in [1.54, 1.807) is 19.5 Å². The second-order valence-electron chi connectivity index (χ2n) is 12.5. The van der Waals surface area contributed by atoms with Crippen molar-refractivity contribution in [1.82, 2.24) is 14.8 Å². The molecule has 0 aliphatic heterocycles. The lowest BCUT2D eigenvalue weighted by Crippen LogP contribution is -2.48. The molecule has 2 aromatic rings. The number of nitrogens with zero attached hydrogens (tertiary/aromatic N) is 3. The summed E-state index contributed by atoms with van der Waals surface area (Å²) >= 11 is 0. The van der Waals surface area contributed by atoms with Gasteiger partial charge in [-0.05, 0) is 92.9 Å². The molecule has 0 saturated heterocycles. The normalized spacial score (nSPS) is 36.5. The van der Waals surface area contributed by atoms with Crippen molar-refractivity contribution in [1.29, 1.82) is 0 Å². The smallest absolute Gasteiger partial charge is 0.157 e. The highest BCUT2D eigenvalue weighted by Gasteiger charge is 2.57. The van der Waals surface area contributed by atoms with Crippen LogP contribution in [-0.2, 0) is 16.1 Å². The van der Waals surface area contributed by atoms with Gasteiger partial charge in [0, 0.05) is 30.8 Å². The summed E-state index contributed by atoms with van der Waals surface area (Å²) in [7, 11) is 1.67. The van der Waals surface area contributed by atoms with Gasteiger partial charge in [-0.15, -0.1) is 0 Å². The maximum Gasteiger partial charge on any atom is 0.157 e. The third-order valence-corrected chi connectivity index (χ3v) is 10.3. The highest BCUT2D eigenvalue weighted by atomic mass is 16.5. The molecule has 2 heterocycles. The van der Waals surface area contributed by atoms with Crippen molar-refractivity contribution in [3.63, 3.8) is 0 Å². The molecule has 5 rings (SSSR count). The van der Waals surface area contributed by atoms with E-state index in [2.05, 4.69) is 23.9 Å². The second kappa shape index (κ2) is 9.59. The summed E-state index contributed by atoms with van der Waals surface area (Å²) in [6.07, 6.45) is 14.5. The fourth-order valence-corrected chi connectivity index (χ4v) is 8.51. The van der Waals surface area contributed by atoms with E-state index in [1.165, 1.54) is 25.7 Å². The first kappa shape index (κ1) is 24.9. The SMILES string of the molecule is COCC(C)(O)CC[C@@H]1[C@H]2CC[C@]3(C)[C@@H](C(=O)Cn4cc5ccncc5n4)CC[C@H]3[C@@H]2CC[C@@H]1C. The predicted molar refractivity (Wildman–Crippen MR) is 137 cm³/mol. The summed E-state index contributed by atoms with van der Waals surface area (Å²) in [6, 6.07) is 1.95. The molecule has 1 N–H and O–H groups in total. The predicted octanol–water partition coefficient (Wildman–Crippen LogP) is 5.28. The van der Waals surface area contributed by atoms with Gasteiger partial charge >= 0.3 is 0 Å². The molecule has 6 nitrogen and oxygen atoms in total. The van der Waals surface area contributed by atoms with Crippen molar-refractivity contribution < 1.29 is 14.6 Å². The molecule has 1 unspecified atom stereocenters. The Kier molecular flexibility index (Phi) is 6.82. The van der Waals surface area contributed by atoms with E-state index in [0.717, 1.165) is 48.4 Å². The number of ether oxygens (including phenoxy) is 1. The van der Waals surface area contributed by atoms with Crippen LogP contribution >= 0.6 is 0 Å². The van der Waals surface area contributed by atoms with Crippen molar-refractivity contribution in [2.24, 2.45) is 40.9 Å². The molecule has 0 bridgehead atoms. The number of fused-ring (bicyclic) bond motifs is 4. The molecule has 3 fully saturated rings. The monoisotopic (exact) mass is 481 g/mol. The van der Waals surface area contributed by atoms with Gasteiger partial charge in [0.2, 0.25) is 0 Å². The number of carbonyl (C=O) groups is 1. The van der Waals surface area contributed by atoms with Crippen LogP contribution < -0.4 is 0 Å². The molecule has 0 spiro atoms. The molecular weight excluding hydrogens is 438 g/mol. The number of hydrogen-bond donors (Lipinski definition) is 1. The third-order valence-electron chi connectivity index (χ3n) is 10.3. The average molecular weight is 482 g/mol. The zero-order valence-electron chi connectivity index (χ0n) is 21.9. The molecule has 3 aliphatic rings. The van der Waals surface area contributed by atoms with Crippen molar-refractivity contribution in [2.75, 3.05) is 13.7 Å². The molecule has 0 radical (unpaired) electrons. The summed E-state index contributed by atoms with van der Waals surface area (Å²) in [5.41, 5.74) is 0.213. The Morgan fingerprint density at radius 3 is 2.86 bits per heavy atom. The summed E-state index contributed by atoms with van der Waals surface area (Å²) < 4.78 is 7.07. The van der Waals surface area contributed by atoms with E-state index in [1.807, 2.05) is 23.9 Å².